The van der Waals surface area contributed by atoms with Gasteiger partial charge in [0.2, 0.25) is 47.1 Å². The minimum absolute atomic E-state index is 0.0334. The third-order valence-electron chi connectivity index (χ3n) is 14.3. The second-order valence-corrected chi connectivity index (χ2v) is 24.5. The lowest BCUT2D eigenvalue weighted by atomic mass is 9.96. The van der Waals surface area contributed by atoms with E-state index in [2.05, 4.69) is 47.5 Å². The van der Waals surface area contributed by atoms with Crippen LogP contribution >= 0.6 is 44.2 Å². The van der Waals surface area contributed by atoms with E-state index in [0.717, 1.165) is 21.6 Å². The molecule has 0 saturated carbocycles. The number of aromatic hydroxyl groups is 1. The number of carbonyl (C=O) groups is 7. The number of aliphatic hydroxyl groups excluding tert-OH is 6. The van der Waals surface area contributed by atoms with Gasteiger partial charge in [0.15, 0.2) is 0 Å². The lowest BCUT2D eigenvalue weighted by Crippen LogP contribution is -2.66. The number of hydrogen-bond acceptors (Lipinski definition) is 20. The van der Waals surface area contributed by atoms with Crippen LogP contribution in [0, 0.1) is 3.57 Å². The number of amides is 7. The summed E-state index contributed by atoms with van der Waals surface area (Å²) in [5.41, 5.74) is 8.13. The smallest absolute Gasteiger partial charge is 0.245 e. The summed E-state index contributed by atoms with van der Waals surface area (Å²) in [6, 6.07) is 8.44. The summed E-state index contributed by atoms with van der Waals surface area (Å²) in [6.45, 7) is 0.787. The highest BCUT2D eigenvalue weighted by atomic mass is 127. The number of unbranched alkanes of at least 4 members (excludes halogenated alkanes) is 1. The number of fused-ring (bicyclic) bond motifs is 1. The monoisotopic (exact) mass is 1320 g/mol. The van der Waals surface area contributed by atoms with Crippen molar-refractivity contribution in [3.63, 3.8) is 0 Å². The highest BCUT2D eigenvalue weighted by Gasteiger charge is 2.49. The van der Waals surface area contributed by atoms with Crippen LogP contribution in [0.4, 0.5) is 0 Å². The van der Waals surface area contributed by atoms with Crippen LogP contribution in [0.15, 0.2) is 79.0 Å². The third-order valence-corrected chi connectivity index (χ3v) is 17.6. The first kappa shape index (κ1) is 67.4. The maximum atomic E-state index is 15.1. The van der Waals surface area contributed by atoms with Crippen molar-refractivity contribution >= 4 is 96.4 Å². The zero-order chi connectivity index (χ0) is 61.3. The molecule has 19 N–H and O–H groups in total. The van der Waals surface area contributed by atoms with Crippen molar-refractivity contribution in [3.8, 4) is 5.75 Å². The van der Waals surface area contributed by atoms with Gasteiger partial charge in [0, 0.05) is 41.4 Å². The summed E-state index contributed by atoms with van der Waals surface area (Å²) in [4.78, 5) is 105. The normalized spacial score (nSPS) is 26.7. The predicted octanol–water partition coefficient (Wildman–Crippen LogP) is -3.06. The van der Waals surface area contributed by atoms with Gasteiger partial charge in [-0.3, -0.25) is 33.6 Å². The zero-order valence-corrected chi connectivity index (χ0v) is 49.9. The molecule has 3 heterocycles. The number of hydrogen-bond donors (Lipinski definition) is 18. The Labute approximate surface area is 505 Å². The molecular weight excluding hydrogens is 1250 g/mol. The average Bonchev–Trinajstić information content (AvgIpc) is 4.06. The van der Waals surface area contributed by atoms with E-state index in [1.165, 1.54) is 26.0 Å². The number of benzene rings is 3. The molecule has 84 heavy (non-hydrogen) atoms. The molecule has 26 nitrogen and oxygen atoms in total. The first-order valence-electron chi connectivity index (χ1n) is 27.3. The largest absolute Gasteiger partial charge is 0.507 e. The molecule has 29 heteroatoms. The van der Waals surface area contributed by atoms with Gasteiger partial charge in [-0.1, -0.05) is 76.2 Å². The van der Waals surface area contributed by atoms with Crippen LogP contribution in [0.1, 0.15) is 49.8 Å². The molecule has 0 radical (unpaired) electrons. The van der Waals surface area contributed by atoms with Gasteiger partial charge in [0.1, 0.15) is 60.3 Å². The predicted molar refractivity (Wildman–Crippen MR) is 319 cm³/mol. The quantitative estimate of drug-likeness (QED) is 0.0237. The van der Waals surface area contributed by atoms with Crippen molar-refractivity contribution in [3.05, 3.63) is 99.3 Å². The van der Waals surface area contributed by atoms with Crippen LogP contribution in [0.5, 0.6) is 5.75 Å². The van der Waals surface area contributed by atoms with E-state index in [4.69, 9.17) is 10.5 Å². The minimum Gasteiger partial charge on any atom is -0.507 e. The standard InChI is InChI=1S/C55H75IN10O16S2/c1-28(68)40(23-67)63-53(79)42-26-84-83-25-41(64-49(75)37(19-30-10-4-3-5-11-30)59-27-55(81)47(73)46(72)44(71)24-82-55)52(78)61-38(20-31-15-16-43(70)34(56)18-31)50(76)62-39(21-32-22-58-35-13-7-6-12-33(32)35)51(77)60-36(14-8-9-17-57)48(74)66-45(29(2)69)54(80)65-42/h3-7,10-13,15-16,18,22,28-29,36-42,44-47,58-59,67-73,81H,8-9,14,17,19-21,23-27,57H2,1-2H3,(H,60,77)(H,61,78)(H,62,76)(H,63,79)(H,64,75)(H,65,80)(H,66,74)/t28-,29-,36+,37+,38+,39-,40+,41+,42+,44+,45+,46-,47+,55+/m1/s1. The van der Waals surface area contributed by atoms with Crippen molar-refractivity contribution in [2.45, 2.75) is 137 Å². The van der Waals surface area contributed by atoms with E-state index < -0.39 is 146 Å². The van der Waals surface area contributed by atoms with Gasteiger partial charge in [-0.25, -0.2) is 0 Å². The van der Waals surface area contributed by atoms with Crippen molar-refractivity contribution < 1.29 is 79.2 Å². The van der Waals surface area contributed by atoms with E-state index in [1.807, 2.05) is 22.6 Å². The topological polar surface area (TPSA) is 429 Å². The van der Waals surface area contributed by atoms with Crippen molar-refractivity contribution in [1.29, 1.82) is 0 Å². The van der Waals surface area contributed by atoms with E-state index in [0.29, 0.717) is 44.0 Å². The number of nitrogens with one attached hydrogen (secondary N) is 9. The van der Waals surface area contributed by atoms with Crippen molar-refractivity contribution in [2.24, 2.45) is 5.73 Å². The Morgan fingerprint density at radius 2 is 1.46 bits per heavy atom. The van der Waals surface area contributed by atoms with Gasteiger partial charge in [0.25, 0.3) is 0 Å². The van der Waals surface area contributed by atoms with Gasteiger partial charge >= 0.3 is 0 Å². The third kappa shape index (κ3) is 18.9. The number of rotatable bonds is 20. The Kier molecular flexibility index (Phi) is 25.8. The van der Waals surface area contributed by atoms with Crippen molar-refractivity contribution in [1.82, 2.24) is 47.5 Å². The molecule has 0 bridgehead atoms. The molecule has 2 aliphatic heterocycles. The summed E-state index contributed by atoms with van der Waals surface area (Å²) in [7, 11) is 1.85. The van der Waals surface area contributed by atoms with Crippen LogP contribution in [0.2, 0.25) is 0 Å². The number of carbonyl (C=O) groups excluding carboxylic acids is 7. The SMILES string of the molecule is C[C@@H](O)[C@H](CO)NC(=O)[C@@H]1CSSC[C@H](NC(=O)[C@H](Cc2ccccc2)NC[C@]2(O)OC[C@H](O)[C@@H](O)[C@@H]2O)C(=O)N[C@@H](Cc2ccc(O)c(I)c2)C(=O)N[C@H](Cc2c[nH]c3ccccc23)C(=O)N[C@@H](CCCCN)C(=O)N[C@@H]([C@@H](C)O)C(=O)N1. The number of halogens is 1. The first-order chi connectivity index (χ1) is 40.0. The number of nitrogens with two attached hydrogens (primary N) is 1. The molecule has 2 aliphatic rings. The average molecular weight is 1320 g/mol. The van der Waals surface area contributed by atoms with Crippen LogP contribution in [0.25, 0.3) is 10.9 Å². The Hall–Kier alpha value is -5.68. The summed E-state index contributed by atoms with van der Waals surface area (Å²) in [6.07, 6.45) is -6.46. The minimum atomic E-state index is -2.51. The molecule has 2 fully saturated rings. The fourth-order valence-electron chi connectivity index (χ4n) is 9.25. The second kappa shape index (κ2) is 32.2. The molecular formula is C55H75IN10O16S2. The van der Waals surface area contributed by atoms with E-state index in [9.17, 15) is 64.8 Å². The summed E-state index contributed by atoms with van der Waals surface area (Å²) >= 11 is 1.89. The Bertz CT molecular complexity index is 2880. The molecule has 0 unspecified atom stereocenters. The van der Waals surface area contributed by atoms with Crippen LogP contribution in [-0.2, 0) is 57.6 Å². The molecule has 0 aliphatic carbocycles. The van der Waals surface area contributed by atoms with Crippen LogP contribution in [0.3, 0.4) is 0 Å². The molecule has 1 aromatic heterocycles. The van der Waals surface area contributed by atoms with Gasteiger partial charge in [-0.15, -0.1) is 0 Å². The van der Waals surface area contributed by atoms with Gasteiger partial charge in [-0.2, -0.15) is 0 Å². The lowest BCUT2D eigenvalue weighted by Gasteiger charge is -2.42. The zero-order valence-electron chi connectivity index (χ0n) is 46.1. The number of H-pyrrole nitrogens is 1. The summed E-state index contributed by atoms with van der Waals surface area (Å²) in [5.74, 6) is -9.68. The van der Waals surface area contributed by atoms with Gasteiger partial charge in [-0.05, 0) is 104 Å². The molecule has 460 valence electrons. The summed E-state index contributed by atoms with van der Waals surface area (Å²) < 4.78 is 5.75. The molecule has 7 amide bonds. The molecule has 3 aromatic carbocycles. The Balaban J connectivity index is 1.43. The molecule has 0 spiro atoms. The molecule has 14 atom stereocenters. The van der Waals surface area contributed by atoms with E-state index >= 15 is 9.59 Å². The molecule has 4 aromatic rings. The number of phenolic OH excluding ortho intramolecular Hbond substituents is 1. The maximum absolute atomic E-state index is 15.1. The number of aromatic amines is 1. The number of aromatic nitrogens is 1. The molecule has 6 rings (SSSR count). The van der Waals surface area contributed by atoms with E-state index in [1.54, 1.807) is 66.9 Å². The number of para-hydroxylation sites is 1. The Morgan fingerprint density at radius 1 is 0.810 bits per heavy atom. The van der Waals surface area contributed by atoms with Gasteiger partial charge < -0.3 is 98.8 Å². The molecule has 2 saturated heterocycles. The fraction of sp³-hybridized carbons (Fsp3) is 0.509. The number of ether oxygens (including phenoxy) is 1. The van der Waals surface area contributed by atoms with Gasteiger partial charge in [0.05, 0.1) is 47.6 Å². The second-order valence-electron chi connectivity index (χ2n) is 20.8. The number of aliphatic hydroxyl groups is 7. The highest BCUT2D eigenvalue weighted by Crippen LogP contribution is 2.27. The van der Waals surface area contributed by atoms with Crippen LogP contribution < -0.4 is 48.3 Å². The maximum Gasteiger partial charge on any atom is 0.245 e. The van der Waals surface area contributed by atoms with Crippen molar-refractivity contribution in [2.75, 3.05) is 37.8 Å². The van der Waals surface area contributed by atoms with Crippen LogP contribution in [-0.4, -0.2) is 210 Å². The lowest BCUT2D eigenvalue weighted by molar-refractivity contribution is -0.318. The summed E-state index contributed by atoms with van der Waals surface area (Å²) in [5, 5.41) is 107. The number of phenols is 1. The van der Waals surface area contributed by atoms with E-state index in [-0.39, 0.29) is 49.5 Å². The first-order valence-corrected chi connectivity index (χ1v) is 30.8. The fourth-order valence-corrected chi connectivity index (χ4v) is 12.2. The Morgan fingerprint density at radius 3 is 2.14 bits per heavy atom. The highest BCUT2D eigenvalue weighted by molar-refractivity contribution is 14.1.